The number of carbonyl (C=O) groups excluding carboxylic acids is 1. The van der Waals surface area contributed by atoms with E-state index >= 15 is 0 Å². The average Bonchev–Trinajstić information content (AvgIpc) is 2.89. The fourth-order valence-electron chi connectivity index (χ4n) is 2.02. The molecule has 3 N–H and O–H groups in total. The topological polar surface area (TPSA) is 73.6 Å². The van der Waals surface area contributed by atoms with E-state index in [2.05, 4.69) is 5.32 Å². The predicted molar refractivity (Wildman–Crippen MR) is 69.7 cm³/mol. The van der Waals surface area contributed by atoms with Gasteiger partial charge in [-0.3, -0.25) is 0 Å². The van der Waals surface area contributed by atoms with Crippen molar-refractivity contribution < 1.29 is 14.3 Å². The summed E-state index contributed by atoms with van der Waals surface area (Å²) in [7, 11) is 1.36. The number of nitrogens with one attached hydrogen (secondary N) is 1. The summed E-state index contributed by atoms with van der Waals surface area (Å²) in [6.07, 6.45) is 2.36. The van der Waals surface area contributed by atoms with Crippen LogP contribution in [0.3, 0.4) is 0 Å². The van der Waals surface area contributed by atoms with Crippen molar-refractivity contribution >= 4 is 17.3 Å². The molecule has 1 aliphatic heterocycles. The van der Waals surface area contributed by atoms with Gasteiger partial charge >= 0.3 is 5.97 Å². The minimum absolute atomic E-state index is 0.216. The highest BCUT2D eigenvalue weighted by Gasteiger charge is 2.17. The summed E-state index contributed by atoms with van der Waals surface area (Å²) < 4.78 is 10.3. The van der Waals surface area contributed by atoms with Gasteiger partial charge in [0.2, 0.25) is 0 Å². The molecule has 1 fully saturated rings. The van der Waals surface area contributed by atoms with Crippen LogP contribution in [0.1, 0.15) is 23.2 Å². The molecular formula is C13H18N2O3. The fourth-order valence-corrected chi connectivity index (χ4v) is 2.02. The number of methoxy groups -OCH3 is 1. The van der Waals surface area contributed by atoms with Gasteiger partial charge in [0.25, 0.3) is 0 Å². The van der Waals surface area contributed by atoms with Crippen LogP contribution in [0.15, 0.2) is 18.2 Å². The fraction of sp³-hybridized carbons (Fsp3) is 0.462. The molecule has 2 rings (SSSR count). The average molecular weight is 250 g/mol. The second-order valence-corrected chi connectivity index (χ2v) is 4.31. The first-order valence-corrected chi connectivity index (χ1v) is 6.04. The number of nitrogen functional groups attached to an aromatic ring is 1. The van der Waals surface area contributed by atoms with Crippen LogP contribution in [0.5, 0.6) is 0 Å². The van der Waals surface area contributed by atoms with Crippen LogP contribution in [0.4, 0.5) is 11.4 Å². The second-order valence-electron chi connectivity index (χ2n) is 4.31. The molecular weight excluding hydrogens is 232 g/mol. The quantitative estimate of drug-likeness (QED) is 0.628. The molecule has 1 heterocycles. The monoisotopic (exact) mass is 250 g/mol. The SMILES string of the molecule is COC(=O)c1cc(N)ccc1NC[C@H]1CCCO1. The van der Waals surface area contributed by atoms with Gasteiger partial charge in [-0.05, 0) is 31.0 Å². The molecule has 1 saturated heterocycles. The first kappa shape index (κ1) is 12.7. The van der Waals surface area contributed by atoms with E-state index in [4.69, 9.17) is 15.2 Å². The zero-order valence-corrected chi connectivity index (χ0v) is 10.4. The van der Waals surface area contributed by atoms with Gasteiger partial charge in [-0.25, -0.2) is 4.79 Å². The van der Waals surface area contributed by atoms with Crippen LogP contribution in [-0.4, -0.2) is 32.3 Å². The highest BCUT2D eigenvalue weighted by atomic mass is 16.5. The van der Waals surface area contributed by atoms with Crippen LogP contribution in [0, 0.1) is 0 Å². The lowest BCUT2D eigenvalue weighted by Crippen LogP contribution is -2.20. The number of esters is 1. The predicted octanol–water partition coefficient (Wildman–Crippen LogP) is 1.65. The smallest absolute Gasteiger partial charge is 0.340 e. The van der Waals surface area contributed by atoms with E-state index in [1.807, 2.05) is 0 Å². The molecule has 1 aliphatic rings. The second kappa shape index (κ2) is 5.73. The van der Waals surface area contributed by atoms with Crippen molar-refractivity contribution in [3.8, 4) is 0 Å². The van der Waals surface area contributed by atoms with Crippen LogP contribution >= 0.6 is 0 Å². The Hall–Kier alpha value is -1.75. The summed E-state index contributed by atoms with van der Waals surface area (Å²) in [5, 5.41) is 3.22. The summed E-state index contributed by atoms with van der Waals surface area (Å²) in [6, 6.07) is 5.16. The van der Waals surface area contributed by atoms with Crippen LogP contribution < -0.4 is 11.1 Å². The molecule has 1 atom stereocenters. The van der Waals surface area contributed by atoms with Gasteiger partial charge in [0.1, 0.15) is 0 Å². The lowest BCUT2D eigenvalue weighted by atomic mass is 10.1. The lowest BCUT2D eigenvalue weighted by Gasteiger charge is -2.14. The van der Waals surface area contributed by atoms with E-state index in [9.17, 15) is 4.79 Å². The summed E-state index contributed by atoms with van der Waals surface area (Å²) in [5.41, 5.74) is 7.40. The Bertz CT molecular complexity index is 428. The molecule has 5 nitrogen and oxygen atoms in total. The van der Waals surface area contributed by atoms with E-state index in [-0.39, 0.29) is 6.10 Å². The summed E-state index contributed by atoms with van der Waals surface area (Å²) >= 11 is 0. The van der Waals surface area contributed by atoms with Crippen molar-refractivity contribution in [2.24, 2.45) is 0 Å². The van der Waals surface area contributed by atoms with Crippen molar-refractivity contribution in [3.05, 3.63) is 23.8 Å². The number of benzene rings is 1. The van der Waals surface area contributed by atoms with Crippen LogP contribution in [0.25, 0.3) is 0 Å². The van der Waals surface area contributed by atoms with E-state index < -0.39 is 5.97 Å². The number of nitrogens with two attached hydrogens (primary N) is 1. The Morgan fingerprint density at radius 2 is 2.44 bits per heavy atom. The molecule has 98 valence electrons. The number of ether oxygens (including phenoxy) is 2. The van der Waals surface area contributed by atoms with Crippen molar-refractivity contribution in [1.82, 2.24) is 0 Å². The number of hydrogen-bond donors (Lipinski definition) is 2. The molecule has 18 heavy (non-hydrogen) atoms. The van der Waals surface area contributed by atoms with Crippen LogP contribution in [0.2, 0.25) is 0 Å². The third-order valence-corrected chi connectivity index (χ3v) is 2.99. The van der Waals surface area contributed by atoms with Gasteiger partial charge in [-0.2, -0.15) is 0 Å². The third-order valence-electron chi connectivity index (χ3n) is 2.99. The first-order valence-electron chi connectivity index (χ1n) is 6.04. The largest absolute Gasteiger partial charge is 0.465 e. The minimum Gasteiger partial charge on any atom is -0.465 e. The third kappa shape index (κ3) is 2.92. The molecule has 1 aromatic rings. The summed E-state index contributed by atoms with van der Waals surface area (Å²) in [4.78, 5) is 11.6. The van der Waals surface area contributed by atoms with Gasteiger partial charge in [0.15, 0.2) is 0 Å². The number of rotatable bonds is 4. The van der Waals surface area contributed by atoms with Gasteiger partial charge in [0, 0.05) is 24.5 Å². The number of hydrogen-bond acceptors (Lipinski definition) is 5. The van der Waals surface area contributed by atoms with E-state index in [1.165, 1.54) is 7.11 Å². The summed E-state index contributed by atoms with van der Waals surface area (Å²) in [6.45, 7) is 1.51. The molecule has 5 heteroatoms. The molecule has 0 bridgehead atoms. The Morgan fingerprint density at radius 1 is 1.61 bits per heavy atom. The van der Waals surface area contributed by atoms with Crippen molar-refractivity contribution in [2.75, 3.05) is 31.3 Å². The molecule has 1 aromatic carbocycles. The van der Waals surface area contributed by atoms with E-state index in [0.29, 0.717) is 17.8 Å². The molecule has 0 radical (unpaired) electrons. The minimum atomic E-state index is -0.392. The Morgan fingerprint density at radius 3 is 3.11 bits per heavy atom. The zero-order chi connectivity index (χ0) is 13.0. The van der Waals surface area contributed by atoms with Crippen molar-refractivity contribution in [1.29, 1.82) is 0 Å². The molecule has 0 amide bonds. The van der Waals surface area contributed by atoms with Crippen LogP contribution in [-0.2, 0) is 9.47 Å². The van der Waals surface area contributed by atoms with Gasteiger partial charge in [-0.15, -0.1) is 0 Å². The van der Waals surface area contributed by atoms with Crippen molar-refractivity contribution in [3.63, 3.8) is 0 Å². The standard InChI is InChI=1S/C13H18N2O3/c1-17-13(16)11-7-9(14)4-5-12(11)15-8-10-3-2-6-18-10/h4-5,7,10,15H,2-3,6,8,14H2,1H3/t10-/m1/s1. The van der Waals surface area contributed by atoms with Gasteiger partial charge in [0.05, 0.1) is 18.8 Å². The molecule has 0 aliphatic carbocycles. The Balaban J connectivity index is 2.08. The molecule has 0 spiro atoms. The molecule has 0 unspecified atom stereocenters. The Labute approximate surface area is 106 Å². The maximum atomic E-state index is 11.6. The maximum Gasteiger partial charge on any atom is 0.340 e. The highest BCUT2D eigenvalue weighted by Crippen LogP contribution is 2.21. The normalized spacial score (nSPS) is 18.6. The van der Waals surface area contributed by atoms with E-state index in [0.717, 1.165) is 25.1 Å². The highest BCUT2D eigenvalue weighted by molar-refractivity contribution is 5.96. The van der Waals surface area contributed by atoms with Crippen molar-refractivity contribution in [2.45, 2.75) is 18.9 Å². The van der Waals surface area contributed by atoms with Gasteiger partial charge < -0.3 is 20.5 Å². The lowest BCUT2D eigenvalue weighted by molar-refractivity contribution is 0.0601. The summed E-state index contributed by atoms with van der Waals surface area (Å²) in [5.74, 6) is -0.392. The number of anilines is 2. The van der Waals surface area contributed by atoms with Gasteiger partial charge in [-0.1, -0.05) is 0 Å². The maximum absolute atomic E-state index is 11.6. The Kier molecular flexibility index (Phi) is 4.04. The molecule has 0 saturated carbocycles. The zero-order valence-electron chi connectivity index (χ0n) is 10.4. The molecule has 0 aromatic heterocycles. The first-order chi connectivity index (χ1) is 8.70. The van der Waals surface area contributed by atoms with E-state index in [1.54, 1.807) is 18.2 Å². The number of carbonyl (C=O) groups is 1.